The molecule has 0 saturated heterocycles. The van der Waals surface area contributed by atoms with Gasteiger partial charge in [-0.2, -0.15) is 0 Å². The predicted octanol–water partition coefficient (Wildman–Crippen LogP) is 3.38. The lowest BCUT2D eigenvalue weighted by Crippen LogP contribution is -2.35. The van der Waals surface area contributed by atoms with Gasteiger partial charge in [-0.25, -0.2) is 4.67 Å². The molecule has 3 rings (SSSR count). The van der Waals surface area contributed by atoms with Gasteiger partial charge in [0.25, 0.3) is 7.13 Å². The maximum atomic E-state index is 6.01. The first kappa shape index (κ1) is 16.1. The first-order valence-electron chi connectivity index (χ1n) is 5.98. The van der Waals surface area contributed by atoms with Gasteiger partial charge in [-0.15, -0.1) is 0 Å². The molecule has 0 bridgehead atoms. The van der Waals surface area contributed by atoms with E-state index >= 15 is 0 Å². The minimum Gasteiger partial charge on any atom is -0.478 e. The molecule has 3 radical (unpaired) electrons. The standard InChI is InChI=1S/C10H11B2I2N2O2P2/c11-20(14)16-4-8-9(17-6-16)2-1-7-3-15(12-19-13)5-18-10(7)8/h1-2,19H,3-6H2. The molecule has 1 aromatic rings. The van der Waals surface area contributed by atoms with Gasteiger partial charge < -0.3 is 14.3 Å². The number of ether oxygens (including phenoxy) is 2. The van der Waals surface area contributed by atoms with Gasteiger partial charge in [0.15, 0.2) is 0 Å². The van der Waals surface area contributed by atoms with E-state index in [1.165, 1.54) is 5.56 Å². The summed E-state index contributed by atoms with van der Waals surface area (Å²) < 4.78 is 13.9. The summed E-state index contributed by atoms with van der Waals surface area (Å²) in [5, 5.41) is 0. The summed E-state index contributed by atoms with van der Waals surface area (Å²) in [6, 6.07) is 4.16. The molecule has 0 amide bonds. The summed E-state index contributed by atoms with van der Waals surface area (Å²) in [4.78, 5) is 2.20. The van der Waals surface area contributed by atoms with E-state index in [0.717, 1.165) is 36.3 Å². The lowest BCUT2D eigenvalue weighted by Gasteiger charge is -2.35. The molecule has 0 saturated carbocycles. The van der Waals surface area contributed by atoms with Crippen LogP contribution in [0.1, 0.15) is 11.1 Å². The molecule has 2 heterocycles. The molecule has 4 nitrogen and oxygen atoms in total. The zero-order chi connectivity index (χ0) is 14.1. The molecule has 20 heavy (non-hydrogen) atoms. The Hall–Kier alpha value is 1.19. The number of nitrogens with zero attached hydrogens (tertiary/aromatic N) is 2. The maximum Gasteiger partial charge on any atom is 0.254 e. The van der Waals surface area contributed by atoms with Gasteiger partial charge in [-0.3, -0.25) is 0 Å². The molecule has 2 aliphatic heterocycles. The molecular weight excluding hydrogens is 518 g/mol. The largest absolute Gasteiger partial charge is 0.478 e. The van der Waals surface area contributed by atoms with Crippen molar-refractivity contribution in [2.75, 3.05) is 13.5 Å². The van der Waals surface area contributed by atoms with E-state index in [2.05, 4.69) is 72.8 Å². The Labute approximate surface area is 149 Å². The second-order valence-electron chi connectivity index (χ2n) is 4.52. The highest BCUT2D eigenvalue weighted by Crippen LogP contribution is 2.49. The van der Waals surface area contributed by atoms with Crippen molar-refractivity contribution in [1.29, 1.82) is 0 Å². The van der Waals surface area contributed by atoms with Gasteiger partial charge in [0.2, 0.25) is 0 Å². The quantitative estimate of drug-likeness (QED) is 0.341. The number of fused-ring (bicyclic) bond motifs is 3. The molecule has 10 heteroatoms. The monoisotopic (exact) mass is 529 g/mol. The molecule has 103 valence electrons. The zero-order valence-electron chi connectivity index (χ0n) is 10.6. The molecule has 0 fully saturated rings. The number of benzene rings is 1. The van der Waals surface area contributed by atoms with Gasteiger partial charge in [0.1, 0.15) is 32.5 Å². The maximum absolute atomic E-state index is 6.01. The summed E-state index contributed by atoms with van der Waals surface area (Å²) in [5.74, 6) is 1.92. The van der Waals surface area contributed by atoms with Crippen LogP contribution in [-0.4, -0.2) is 37.6 Å². The van der Waals surface area contributed by atoms with Gasteiger partial charge in [-0.05, 0) is 33.7 Å². The van der Waals surface area contributed by atoms with Crippen LogP contribution in [0.5, 0.6) is 11.5 Å². The minimum atomic E-state index is -0.665. The van der Waals surface area contributed by atoms with Crippen molar-refractivity contribution in [2.45, 2.75) is 13.1 Å². The summed E-state index contributed by atoms with van der Waals surface area (Å²) in [5.41, 5.74) is 1.70. The van der Waals surface area contributed by atoms with Crippen LogP contribution in [0.15, 0.2) is 12.1 Å². The van der Waals surface area contributed by atoms with Crippen LogP contribution in [0.4, 0.5) is 0 Å². The Bertz CT molecular complexity index is 512. The van der Waals surface area contributed by atoms with Gasteiger partial charge in [0, 0.05) is 18.7 Å². The molecule has 0 aromatic heterocycles. The highest BCUT2D eigenvalue weighted by Gasteiger charge is 2.28. The smallest absolute Gasteiger partial charge is 0.254 e. The third-order valence-corrected chi connectivity index (χ3v) is 7.18. The number of halogens is 2. The van der Waals surface area contributed by atoms with Crippen molar-refractivity contribution in [1.82, 2.24) is 9.48 Å². The lowest BCUT2D eigenvalue weighted by molar-refractivity contribution is 0.150. The zero-order valence-corrected chi connectivity index (χ0v) is 16.8. The fourth-order valence-corrected chi connectivity index (χ4v) is 5.07. The molecule has 2 aliphatic rings. The van der Waals surface area contributed by atoms with Gasteiger partial charge >= 0.3 is 0 Å². The van der Waals surface area contributed by atoms with E-state index in [4.69, 9.17) is 17.0 Å². The van der Waals surface area contributed by atoms with Crippen molar-refractivity contribution >= 4 is 70.5 Å². The fraction of sp³-hybridized carbons (Fsp3) is 0.400. The third-order valence-electron chi connectivity index (χ3n) is 3.26. The van der Waals surface area contributed by atoms with Crippen molar-refractivity contribution < 1.29 is 9.47 Å². The van der Waals surface area contributed by atoms with E-state index in [1.807, 2.05) is 0 Å². The second-order valence-corrected chi connectivity index (χ2v) is 11.0. The van der Waals surface area contributed by atoms with Crippen molar-refractivity contribution in [3.63, 3.8) is 0 Å². The highest BCUT2D eigenvalue weighted by atomic mass is 127. The van der Waals surface area contributed by atoms with E-state index < -0.39 is 5.59 Å². The minimum absolute atomic E-state index is 0.562. The summed E-state index contributed by atoms with van der Waals surface area (Å²) >= 11 is 4.63. The van der Waals surface area contributed by atoms with Crippen molar-refractivity contribution in [3.8, 4) is 11.5 Å². The highest BCUT2D eigenvalue weighted by molar-refractivity contribution is 14.2. The van der Waals surface area contributed by atoms with E-state index in [9.17, 15) is 0 Å². The number of hydrogen-bond donors (Lipinski definition) is 0. The first-order valence-corrected chi connectivity index (χ1v) is 14.3. The Kier molecular flexibility index (Phi) is 5.76. The van der Waals surface area contributed by atoms with Crippen molar-refractivity contribution in [3.05, 3.63) is 23.3 Å². The number of rotatable bonds is 3. The average molecular weight is 529 g/mol. The Morgan fingerprint density at radius 2 is 2.15 bits per heavy atom. The van der Waals surface area contributed by atoms with Gasteiger partial charge in [-0.1, -0.05) is 34.2 Å². The normalized spacial score (nSPS) is 20.9. The lowest BCUT2D eigenvalue weighted by atomic mass is 10.0. The average Bonchev–Trinajstić information content (AvgIpc) is 2.46. The van der Waals surface area contributed by atoms with Crippen molar-refractivity contribution in [2.24, 2.45) is 0 Å². The molecule has 0 spiro atoms. The summed E-state index contributed by atoms with van der Waals surface area (Å²) in [6.45, 7) is 2.88. The van der Waals surface area contributed by atoms with Crippen LogP contribution < -0.4 is 9.47 Å². The SMILES string of the molecule is [B]P(I)N1COc2ccc3c(c2C1)OCN([B]PI)C3. The van der Waals surface area contributed by atoms with Crippen LogP contribution in [0.3, 0.4) is 0 Å². The fourth-order valence-electron chi connectivity index (χ4n) is 2.31. The second kappa shape index (κ2) is 7.18. The van der Waals surface area contributed by atoms with Crippen LogP contribution >= 0.6 is 55.8 Å². The molecule has 1 aromatic carbocycles. The molecule has 0 N–H and O–H groups in total. The predicted molar refractivity (Wildman–Crippen MR) is 103 cm³/mol. The van der Waals surface area contributed by atoms with E-state index in [-0.39, 0.29) is 0 Å². The summed E-state index contributed by atoms with van der Waals surface area (Å²) in [6.07, 6.45) is 0.768. The topological polar surface area (TPSA) is 24.9 Å². The Balaban J connectivity index is 1.86. The summed E-state index contributed by atoms with van der Waals surface area (Å²) in [7, 11) is 8.20. The van der Waals surface area contributed by atoms with Gasteiger partial charge in [0.05, 0.1) is 5.56 Å². The Morgan fingerprint density at radius 1 is 1.30 bits per heavy atom. The number of hydrogen-bond acceptors (Lipinski definition) is 4. The van der Waals surface area contributed by atoms with Crippen LogP contribution in [0.2, 0.25) is 0 Å². The van der Waals surface area contributed by atoms with E-state index in [1.54, 1.807) is 0 Å². The third kappa shape index (κ3) is 3.40. The molecule has 2 unspecified atom stereocenters. The molecule has 2 atom stereocenters. The molecular formula is C10H11B2I2N2O2P2. The van der Waals surface area contributed by atoms with Crippen LogP contribution in [0.25, 0.3) is 0 Å². The van der Waals surface area contributed by atoms with Crippen LogP contribution in [-0.2, 0) is 13.1 Å². The van der Waals surface area contributed by atoms with E-state index in [0.29, 0.717) is 13.5 Å². The van der Waals surface area contributed by atoms with Crippen LogP contribution in [0, 0.1) is 0 Å². The Morgan fingerprint density at radius 3 is 2.90 bits per heavy atom. The molecule has 0 aliphatic carbocycles. The first-order chi connectivity index (χ1) is 9.69.